The van der Waals surface area contributed by atoms with E-state index < -0.39 is 0 Å². The topological polar surface area (TPSA) is 35.6 Å². The van der Waals surface area contributed by atoms with Gasteiger partial charge < -0.3 is 10.2 Å². The van der Waals surface area contributed by atoms with Crippen molar-refractivity contribution in [2.45, 2.75) is 12.5 Å². The largest absolute Gasteiger partial charge is 0.318 e. The Bertz CT molecular complexity index is 452. The van der Waals surface area contributed by atoms with Crippen molar-refractivity contribution in [2.75, 3.05) is 38.6 Å². The van der Waals surface area contributed by atoms with Gasteiger partial charge in [-0.15, -0.1) is 0 Å². The number of nitrogens with one attached hydrogen (secondary N) is 1. The molecule has 1 unspecified atom stereocenters. The van der Waals surface area contributed by atoms with Gasteiger partial charge in [0, 0.05) is 29.8 Å². The van der Waals surface area contributed by atoms with E-state index in [0.29, 0.717) is 6.54 Å². The summed E-state index contributed by atoms with van der Waals surface area (Å²) in [7, 11) is 3.90. The first-order valence-corrected chi connectivity index (χ1v) is 7.34. The molecule has 0 spiro atoms. The minimum Gasteiger partial charge on any atom is -0.318 e. The van der Waals surface area contributed by atoms with E-state index in [4.69, 9.17) is 0 Å². The predicted octanol–water partition coefficient (Wildman–Crippen LogP) is 1.71. The summed E-state index contributed by atoms with van der Waals surface area (Å²) in [5, 5.41) is 3.11. The van der Waals surface area contributed by atoms with Gasteiger partial charge in [0.2, 0.25) is 5.91 Å². The molecule has 1 aliphatic rings. The molecular weight excluding hydrogens is 306 g/mol. The van der Waals surface area contributed by atoms with Gasteiger partial charge >= 0.3 is 0 Å². The summed E-state index contributed by atoms with van der Waals surface area (Å²) < 4.78 is 1.00. The van der Waals surface area contributed by atoms with Crippen LogP contribution in [0.2, 0.25) is 0 Å². The highest BCUT2D eigenvalue weighted by Gasteiger charge is 2.30. The summed E-state index contributed by atoms with van der Waals surface area (Å²) in [4.78, 5) is 16.7. The van der Waals surface area contributed by atoms with Crippen LogP contribution in [0.5, 0.6) is 0 Å². The molecule has 19 heavy (non-hydrogen) atoms. The number of halogens is 1. The molecule has 0 saturated carbocycles. The minimum absolute atomic E-state index is 0.0912. The lowest BCUT2D eigenvalue weighted by molar-refractivity contribution is -0.122. The van der Waals surface area contributed by atoms with Gasteiger partial charge in [0.15, 0.2) is 0 Å². The number of nitrogens with zero attached hydrogens (tertiary/aromatic N) is 2. The lowest BCUT2D eigenvalue weighted by Gasteiger charge is -2.28. The molecule has 5 heteroatoms. The summed E-state index contributed by atoms with van der Waals surface area (Å²) in [5.74, 6) is 0.174. The predicted molar refractivity (Wildman–Crippen MR) is 81.5 cm³/mol. The van der Waals surface area contributed by atoms with E-state index in [-0.39, 0.29) is 11.9 Å². The molecule has 104 valence electrons. The Kier molecular flexibility index (Phi) is 4.96. The first kappa shape index (κ1) is 14.5. The highest BCUT2D eigenvalue weighted by atomic mass is 79.9. The molecule has 1 aromatic rings. The molecule has 4 nitrogen and oxygen atoms in total. The van der Waals surface area contributed by atoms with Gasteiger partial charge in [0.25, 0.3) is 0 Å². The fourth-order valence-corrected chi connectivity index (χ4v) is 2.84. The van der Waals surface area contributed by atoms with Crippen molar-refractivity contribution < 1.29 is 4.79 Å². The number of hydrogen-bond donors (Lipinski definition) is 1. The van der Waals surface area contributed by atoms with E-state index in [2.05, 4.69) is 26.1 Å². The Morgan fingerprint density at radius 1 is 1.42 bits per heavy atom. The van der Waals surface area contributed by atoms with E-state index >= 15 is 0 Å². The van der Waals surface area contributed by atoms with Crippen LogP contribution in [0.15, 0.2) is 28.7 Å². The van der Waals surface area contributed by atoms with Gasteiger partial charge in [-0.3, -0.25) is 9.69 Å². The molecule has 0 aromatic heterocycles. The van der Waals surface area contributed by atoms with Crippen LogP contribution in [0.4, 0.5) is 5.69 Å². The van der Waals surface area contributed by atoms with Gasteiger partial charge in [-0.25, -0.2) is 0 Å². The highest BCUT2D eigenvalue weighted by Crippen LogP contribution is 2.23. The number of likely N-dealkylation sites (N-methyl/N-ethyl adjacent to an activating group) is 2. The maximum absolute atomic E-state index is 12.7. The van der Waals surface area contributed by atoms with Crippen LogP contribution >= 0.6 is 15.9 Å². The van der Waals surface area contributed by atoms with E-state index in [1.807, 2.05) is 43.3 Å². The van der Waals surface area contributed by atoms with Crippen LogP contribution in [0, 0.1) is 0 Å². The standard InChI is InChI=1S/C14H20BrN3O/c1-16-10-13-14(19)18(8-4-7-17(13)2)12-6-3-5-11(15)9-12/h3,5-6,9,13,16H,4,7-8,10H2,1-2H3. The number of carbonyl (C=O) groups is 1. The summed E-state index contributed by atoms with van der Waals surface area (Å²) in [6.45, 7) is 2.41. The number of benzene rings is 1. The average molecular weight is 326 g/mol. The van der Waals surface area contributed by atoms with Gasteiger partial charge in [0.05, 0.1) is 0 Å². The lowest BCUT2D eigenvalue weighted by atomic mass is 10.2. The highest BCUT2D eigenvalue weighted by molar-refractivity contribution is 9.10. The van der Waals surface area contributed by atoms with E-state index in [1.165, 1.54) is 0 Å². The normalized spacial score (nSPS) is 21.5. The fraction of sp³-hybridized carbons (Fsp3) is 0.500. The van der Waals surface area contributed by atoms with Crippen LogP contribution < -0.4 is 10.2 Å². The lowest BCUT2D eigenvalue weighted by Crippen LogP contribution is -2.49. The molecule has 0 aliphatic carbocycles. The SMILES string of the molecule is CNCC1C(=O)N(c2cccc(Br)c2)CCCN1C. The molecular formula is C14H20BrN3O. The van der Waals surface area contributed by atoms with Gasteiger partial charge in [0.1, 0.15) is 6.04 Å². The maximum Gasteiger partial charge on any atom is 0.245 e. The number of anilines is 1. The third-order valence-electron chi connectivity index (χ3n) is 3.49. The number of amides is 1. The van der Waals surface area contributed by atoms with Gasteiger partial charge in [-0.2, -0.15) is 0 Å². The second-order valence-corrected chi connectivity index (χ2v) is 5.79. The van der Waals surface area contributed by atoms with Crippen LogP contribution in [0.3, 0.4) is 0 Å². The second-order valence-electron chi connectivity index (χ2n) is 4.88. The Morgan fingerprint density at radius 3 is 2.89 bits per heavy atom. The van der Waals surface area contributed by atoms with Crippen LogP contribution in [0.1, 0.15) is 6.42 Å². The Morgan fingerprint density at radius 2 is 2.21 bits per heavy atom. The van der Waals surface area contributed by atoms with Crippen molar-refractivity contribution in [3.63, 3.8) is 0 Å². The summed E-state index contributed by atoms with van der Waals surface area (Å²) in [6.07, 6.45) is 0.995. The zero-order valence-electron chi connectivity index (χ0n) is 11.4. The molecule has 1 aliphatic heterocycles. The summed E-state index contributed by atoms with van der Waals surface area (Å²) in [5.41, 5.74) is 0.968. The molecule has 1 atom stereocenters. The van der Waals surface area contributed by atoms with E-state index in [1.54, 1.807) is 0 Å². The second kappa shape index (κ2) is 6.50. The Labute approximate surface area is 122 Å². The van der Waals surface area contributed by atoms with Crippen molar-refractivity contribution in [3.05, 3.63) is 28.7 Å². The van der Waals surface area contributed by atoms with Crippen molar-refractivity contribution in [1.82, 2.24) is 10.2 Å². The van der Waals surface area contributed by atoms with Crippen molar-refractivity contribution in [1.29, 1.82) is 0 Å². The first-order valence-electron chi connectivity index (χ1n) is 6.55. The van der Waals surface area contributed by atoms with Crippen LogP contribution in [-0.2, 0) is 4.79 Å². The van der Waals surface area contributed by atoms with E-state index in [9.17, 15) is 4.79 Å². The van der Waals surface area contributed by atoms with Gasteiger partial charge in [-0.05, 0) is 38.7 Å². The third kappa shape index (κ3) is 3.35. The summed E-state index contributed by atoms with van der Waals surface area (Å²) in [6, 6.07) is 7.84. The maximum atomic E-state index is 12.7. The number of carbonyl (C=O) groups excluding carboxylic acids is 1. The number of hydrogen-bond acceptors (Lipinski definition) is 3. The molecule has 0 radical (unpaired) electrons. The Hall–Kier alpha value is -0.910. The molecule has 1 fully saturated rings. The van der Waals surface area contributed by atoms with Crippen molar-refractivity contribution >= 4 is 27.5 Å². The van der Waals surface area contributed by atoms with Gasteiger partial charge in [-0.1, -0.05) is 22.0 Å². The smallest absolute Gasteiger partial charge is 0.245 e. The zero-order valence-corrected chi connectivity index (χ0v) is 13.0. The molecule has 1 heterocycles. The molecule has 1 N–H and O–H groups in total. The van der Waals surface area contributed by atoms with Crippen molar-refractivity contribution in [3.8, 4) is 0 Å². The van der Waals surface area contributed by atoms with Crippen LogP contribution in [-0.4, -0.2) is 50.6 Å². The first-order chi connectivity index (χ1) is 9.13. The number of rotatable bonds is 3. The molecule has 1 amide bonds. The van der Waals surface area contributed by atoms with Crippen LogP contribution in [0.25, 0.3) is 0 Å². The molecule has 1 aromatic carbocycles. The fourth-order valence-electron chi connectivity index (χ4n) is 2.45. The minimum atomic E-state index is -0.0912. The Balaban J connectivity index is 2.26. The molecule has 2 rings (SSSR count). The quantitative estimate of drug-likeness (QED) is 0.918. The van der Waals surface area contributed by atoms with Crippen molar-refractivity contribution in [2.24, 2.45) is 0 Å². The molecule has 1 saturated heterocycles. The summed E-state index contributed by atoms with van der Waals surface area (Å²) >= 11 is 3.47. The average Bonchev–Trinajstić information content (AvgIpc) is 2.52. The third-order valence-corrected chi connectivity index (χ3v) is 3.99. The monoisotopic (exact) mass is 325 g/mol. The zero-order chi connectivity index (χ0) is 13.8. The van der Waals surface area contributed by atoms with E-state index in [0.717, 1.165) is 29.7 Å². The molecule has 0 bridgehead atoms.